The van der Waals surface area contributed by atoms with Crippen LogP contribution in [0.5, 0.6) is 0 Å². The first-order valence-corrected chi connectivity index (χ1v) is 7.14. The lowest BCUT2D eigenvalue weighted by molar-refractivity contribution is 0.0931. The number of amides is 1. The SMILES string of the molecule is COCCn1nc(C(=O)NC(C)c2ccc(F)cc2)ccc1=O. The molecule has 122 valence electrons. The predicted octanol–water partition coefficient (Wildman–Crippen LogP) is 1.52. The maximum atomic E-state index is 12.9. The van der Waals surface area contributed by atoms with Crippen LogP contribution in [0.1, 0.15) is 29.0 Å². The van der Waals surface area contributed by atoms with Crippen LogP contribution in [0.25, 0.3) is 0 Å². The van der Waals surface area contributed by atoms with Crippen molar-refractivity contribution in [2.24, 2.45) is 0 Å². The molecule has 1 N–H and O–H groups in total. The van der Waals surface area contributed by atoms with Gasteiger partial charge in [0.25, 0.3) is 11.5 Å². The van der Waals surface area contributed by atoms with Gasteiger partial charge in [-0.3, -0.25) is 9.59 Å². The van der Waals surface area contributed by atoms with Gasteiger partial charge in [0.1, 0.15) is 11.5 Å². The van der Waals surface area contributed by atoms with Crippen LogP contribution >= 0.6 is 0 Å². The van der Waals surface area contributed by atoms with Crippen molar-refractivity contribution >= 4 is 5.91 Å². The van der Waals surface area contributed by atoms with Gasteiger partial charge in [-0.1, -0.05) is 12.1 Å². The molecule has 2 rings (SSSR count). The third kappa shape index (κ3) is 4.46. The van der Waals surface area contributed by atoms with Gasteiger partial charge in [-0.15, -0.1) is 0 Å². The Kier molecular flexibility index (Phi) is 5.59. The second kappa shape index (κ2) is 7.64. The topological polar surface area (TPSA) is 73.2 Å². The minimum Gasteiger partial charge on any atom is -0.383 e. The van der Waals surface area contributed by atoms with Crippen LogP contribution in [0.2, 0.25) is 0 Å². The van der Waals surface area contributed by atoms with Gasteiger partial charge in [-0.2, -0.15) is 5.10 Å². The normalized spacial score (nSPS) is 12.0. The summed E-state index contributed by atoms with van der Waals surface area (Å²) >= 11 is 0. The summed E-state index contributed by atoms with van der Waals surface area (Å²) in [5.41, 5.74) is 0.604. The summed E-state index contributed by atoms with van der Waals surface area (Å²) in [6, 6.07) is 8.23. The molecule has 7 heteroatoms. The summed E-state index contributed by atoms with van der Waals surface area (Å²) in [4.78, 5) is 23.9. The van der Waals surface area contributed by atoms with E-state index in [-0.39, 0.29) is 29.7 Å². The molecular formula is C16H18FN3O3. The molecule has 0 aliphatic carbocycles. The number of ether oxygens (including phenoxy) is 1. The van der Waals surface area contributed by atoms with Crippen molar-refractivity contribution in [2.75, 3.05) is 13.7 Å². The van der Waals surface area contributed by atoms with Crippen molar-refractivity contribution in [1.29, 1.82) is 0 Å². The number of benzene rings is 1. The highest BCUT2D eigenvalue weighted by Crippen LogP contribution is 2.13. The molecular weight excluding hydrogens is 301 g/mol. The molecule has 0 aliphatic heterocycles. The Morgan fingerprint density at radius 2 is 2.00 bits per heavy atom. The van der Waals surface area contributed by atoms with Crippen LogP contribution < -0.4 is 10.9 Å². The van der Waals surface area contributed by atoms with Crippen LogP contribution in [0.15, 0.2) is 41.2 Å². The molecule has 1 unspecified atom stereocenters. The Hall–Kier alpha value is -2.54. The molecule has 1 atom stereocenters. The average molecular weight is 319 g/mol. The van der Waals surface area contributed by atoms with Gasteiger partial charge in [0.15, 0.2) is 0 Å². The van der Waals surface area contributed by atoms with Crippen LogP contribution in [0.4, 0.5) is 4.39 Å². The zero-order chi connectivity index (χ0) is 16.8. The molecule has 1 aromatic carbocycles. The largest absolute Gasteiger partial charge is 0.383 e. The van der Waals surface area contributed by atoms with Crippen LogP contribution in [0, 0.1) is 5.82 Å². The Balaban J connectivity index is 2.10. The van der Waals surface area contributed by atoms with Gasteiger partial charge in [0.2, 0.25) is 0 Å². The number of carbonyl (C=O) groups excluding carboxylic acids is 1. The molecule has 0 fully saturated rings. The molecule has 1 heterocycles. The van der Waals surface area contributed by atoms with Crippen molar-refractivity contribution in [3.8, 4) is 0 Å². The molecule has 6 nitrogen and oxygen atoms in total. The molecule has 23 heavy (non-hydrogen) atoms. The first-order valence-electron chi connectivity index (χ1n) is 7.14. The highest BCUT2D eigenvalue weighted by atomic mass is 19.1. The number of hydrogen-bond donors (Lipinski definition) is 1. The molecule has 0 saturated carbocycles. The third-order valence-corrected chi connectivity index (χ3v) is 3.32. The number of rotatable bonds is 6. The molecule has 0 radical (unpaired) electrons. The maximum absolute atomic E-state index is 12.9. The Bertz CT molecular complexity index is 728. The second-order valence-corrected chi connectivity index (χ2v) is 5.02. The van der Waals surface area contributed by atoms with E-state index in [0.29, 0.717) is 6.61 Å². The zero-order valence-electron chi connectivity index (χ0n) is 13.0. The van der Waals surface area contributed by atoms with E-state index < -0.39 is 5.91 Å². The lowest BCUT2D eigenvalue weighted by Crippen LogP contribution is -2.31. The molecule has 2 aromatic rings. The summed E-state index contributed by atoms with van der Waals surface area (Å²) in [5.74, 6) is -0.743. The minimum absolute atomic E-state index is 0.134. The fraction of sp³-hybridized carbons (Fsp3) is 0.312. The first kappa shape index (κ1) is 16.8. The van der Waals surface area contributed by atoms with E-state index in [1.807, 2.05) is 0 Å². The van der Waals surface area contributed by atoms with E-state index in [0.717, 1.165) is 5.56 Å². The van der Waals surface area contributed by atoms with Gasteiger partial charge in [-0.05, 0) is 30.7 Å². The van der Waals surface area contributed by atoms with Crippen LogP contribution in [0.3, 0.4) is 0 Å². The lowest BCUT2D eigenvalue weighted by atomic mass is 10.1. The number of methoxy groups -OCH3 is 1. The molecule has 0 spiro atoms. The van der Waals surface area contributed by atoms with E-state index in [4.69, 9.17) is 4.74 Å². The fourth-order valence-corrected chi connectivity index (χ4v) is 2.01. The summed E-state index contributed by atoms with van der Waals surface area (Å²) < 4.78 is 19.0. The van der Waals surface area contributed by atoms with Crippen molar-refractivity contribution in [3.05, 3.63) is 63.8 Å². The van der Waals surface area contributed by atoms with Crippen molar-refractivity contribution < 1.29 is 13.9 Å². The average Bonchev–Trinajstić information content (AvgIpc) is 2.54. The van der Waals surface area contributed by atoms with Gasteiger partial charge in [0.05, 0.1) is 19.2 Å². The molecule has 1 aromatic heterocycles. The van der Waals surface area contributed by atoms with Crippen molar-refractivity contribution in [2.45, 2.75) is 19.5 Å². The highest BCUT2D eigenvalue weighted by molar-refractivity contribution is 5.92. The van der Waals surface area contributed by atoms with Gasteiger partial charge >= 0.3 is 0 Å². The summed E-state index contributed by atoms with van der Waals surface area (Å²) in [6.07, 6.45) is 0. The van der Waals surface area contributed by atoms with E-state index in [1.54, 1.807) is 19.1 Å². The van der Waals surface area contributed by atoms with Crippen LogP contribution in [-0.4, -0.2) is 29.4 Å². The number of hydrogen-bond acceptors (Lipinski definition) is 4. The highest BCUT2D eigenvalue weighted by Gasteiger charge is 2.14. The van der Waals surface area contributed by atoms with Gasteiger partial charge in [-0.25, -0.2) is 9.07 Å². The summed E-state index contributed by atoms with van der Waals surface area (Å²) in [7, 11) is 1.52. The fourth-order valence-electron chi connectivity index (χ4n) is 2.01. The second-order valence-electron chi connectivity index (χ2n) is 5.02. The lowest BCUT2D eigenvalue weighted by Gasteiger charge is -2.14. The Labute approximate surface area is 132 Å². The first-order chi connectivity index (χ1) is 11.0. The Morgan fingerprint density at radius 3 is 2.65 bits per heavy atom. The number of halogens is 1. The monoisotopic (exact) mass is 319 g/mol. The molecule has 1 amide bonds. The van der Waals surface area contributed by atoms with Crippen LogP contribution in [-0.2, 0) is 11.3 Å². The minimum atomic E-state index is -0.409. The van der Waals surface area contributed by atoms with Crippen molar-refractivity contribution in [3.63, 3.8) is 0 Å². The third-order valence-electron chi connectivity index (χ3n) is 3.32. The van der Waals surface area contributed by atoms with Gasteiger partial charge in [0, 0.05) is 13.2 Å². The zero-order valence-corrected chi connectivity index (χ0v) is 13.0. The molecule has 0 saturated heterocycles. The number of aromatic nitrogens is 2. The summed E-state index contributed by atoms with van der Waals surface area (Å²) in [5, 5.41) is 6.79. The van der Waals surface area contributed by atoms with E-state index in [1.165, 1.54) is 36.1 Å². The van der Waals surface area contributed by atoms with E-state index in [9.17, 15) is 14.0 Å². The van der Waals surface area contributed by atoms with E-state index >= 15 is 0 Å². The smallest absolute Gasteiger partial charge is 0.272 e. The van der Waals surface area contributed by atoms with Crippen molar-refractivity contribution in [1.82, 2.24) is 15.1 Å². The quantitative estimate of drug-likeness (QED) is 0.876. The number of carbonyl (C=O) groups is 1. The summed E-state index contributed by atoms with van der Waals surface area (Å²) in [6.45, 7) is 2.38. The van der Waals surface area contributed by atoms with E-state index in [2.05, 4.69) is 10.4 Å². The Morgan fingerprint density at radius 1 is 1.30 bits per heavy atom. The number of nitrogens with one attached hydrogen (secondary N) is 1. The molecule has 0 aliphatic rings. The standard InChI is InChI=1S/C16H18FN3O3/c1-11(12-3-5-13(17)6-4-12)18-16(22)14-7-8-15(21)20(19-14)9-10-23-2/h3-8,11H,9-10H2,1-2H3,(H,18,22). The van der Waals surface area contributed by atoms with Gasteiger partial charge < -0.3 is 10.1 Å². The maximum Gasteiger partial charge on any atom is 0.272 e. The molecule has 0 bridgehead atoms. The predicted molar refractivity (Wildman–Crippen MR) is 82.7 cm³/mol. The number of nitrogens with zero attached hydrogens (tertiary/aromatic N) is 2.